The second-order valence-corrected chi connectivity index (χ2v) is 6.42. The largest absolute Gasteiger partial charge is 0.493 e. The van der Waals surface area contributed by atoms with E-state index in [2.05, 4.69) is 5.10 Å². The van der Waals surface area contributed by atoms with Gasteiger partial charge >= 0.3 is 6.18 Å². The van der Waals surface area contributed by atoms with Crippen LogP contribution in [0.15, 0.2) is 42.6 Å². The lowest BCUT2D eigenvalue weighted by Crippen LogP contribution is -2.06. The van der Waals surface area contributed by atoms with E-state index < -0.39 is 39.6 Å². The van der Waals surface area contributed by atoms with E-state index in [-0.39, 0.29) is 22.1 Å². The molecule has 12 heteroatoms. The van der Waals surface area contributed by atoms with Gasteiger partial charge in [0.25, 0.3) is 5.69 Å². The predicted molar refractivity (Wildman–Crippen MR) is 97.9 cm³/mol. The third-order valence-corrected chi connectivity index (χ3v) is 4.34. The highest BCUT2D eigenvalue weighted by Gasteiger charge is 2.31. The first-order valence-corrected chi connectivity index (χ1v) is 8.45. The van der Waals surface area contributed by atoms with Crippen molar-refractivity contribution in [3.8, 4) is 17.4 Å². The third kappa shape index (κ3) is 4.06. The van der Waals surface area contributed by atoms with E-state index in [9.17, 15) is 33.2 Å². The number of ketones is 1. The van der Waals surface area contributed by atoms with Crippen LogP contribution in [0.1, 0.15) is 21.5 Å². The number of hydrogen-bond donors (Lipinski definition) is 1. The molecule has 0 amide bonds. The van der Waals surface area contributed by atoms with Crippen molar-refractivity contribution < 1.29 is 32.7 Å². The molecule has 2 aromatic carbocycles. The lowest BCUT2D eigenvalue weighted by atomic mass is 10.0. The maximum absolute atomic E-state index is 12.8. The van der Waals surface area contributed by atoms with Crippen LogP contribution in [-0.4, -0.2) is 25.6 Å². The molecule has 0 unspecified atom stereocenters. The first-order valence-electron chi connectivity index (χ1n) is 8.07. The Morgan fingerprint density at radius 3 is 2.47 bits per heavy atom. The molecule has 0 fully saturated rings. The highest BCUT2D eigenvalue weighted by atomic mass is 35.5. The van der Waals surface area contributed by atoms with Gasteiger partial charge in [0.05, 0.1) is 21.7 Å². The number of benzene rings is 2. The summed E-state index contributed by atoms with van der Waals surface area (Å²) in [5, 5.41) is 24.6. The van der Waals surface area contributed by atoms with Gasteiger partial charge in [-0.05, 0) is 30.3 Å². The number of aromatic hydroxyl groups is 1. The fourth-order valence-electron chi connectivity index (χ4n) is 2.54. The average molecular weight is 442 g/mol. The fourth-order valence-corrected chi connectivity index (χ4v) is 2.76. The number of carbonyl (C=O) groups is 1. The van der Waals surface area contributed by atoms with Crippen LogP contribution in [0, 0.1) is 10.1 Å². The lowest BCUT2D eigenvalue weighted by molar-refractivity contribution is -0.385. The Morgan fingerprint density at radius 1 is 1.23 bits per heavy atom. The first-order chi connectivity index (χ1) is 14.0. The minimum absolute atomic E-state index is 0.0889. The van der Waals surface area contributed by atoms with Gasteiger partial charge in [0, 0.05) is 13.1 Å². The van der Waals surface area contributed by atoms with Gasteiger partial charge in [-0.25, -0.2) is 4.68 Å². The van der Waals surface area contributed by atoms with Gasteiger partial charge in [0.15, 0.2) is 0 Å². The molecule has 0 aliphatic rings. The number of nitrogens with zero attached hydrogens (tertiary/aromatic N) is 3. The van der Waals surface area contributed by atoms with E-state index in [0.29, 0.717) is 6.07 Å². The molecule has 8 nitrogen and oxygen atoms in total. The summed E-state index contributed by atoms with van der Waals surface area (Å²) in [6.45, 7) is 0. The standard InChI is InChI=1S/C18H11ClF3N3O5/c1-24-17(27)12(8-23-24)16(26)11-7-10(3-4-14(11)25(28)29)30-15-5-2-9(6-13(15)19)18(20,21)22/h2-8,27H,1H3. The monoisotopic (exact) mass is 441 g/mol. The maximum Gasteiger partial charge on any atom is 0.416 e. The zero-order chi connectivity index (χ0) is 22.2. The SMILES string of the molecule is Cn1ncc(C(=O)c2cc(Oc3ccc(C(F)(F)F)cc3Cl)ccc2[N+](=O)[O-])c1O. The summed E-state index contributed by atoms with van der Waals surface area (Å²) in [5.74, 6) is -1.63. The van der Waals surface area contributed by atoms with E-state index in [1.807, 2.05) is 0 Å². The number of rotatable bonds is 5. The highest BCUT2D eigenvalue weighted by Crippen LogP contribution is 2.37. The number of ether oxygens (including phenoxy) is 1. The van der Waals surface area contributed by atoms with Gasteiger partial charge in [-0.1, -0.05) is 11.6 Å². The van der Waals surface area contributed by atoms with Gasteiger partial charge in [0.1, 0.15) is 22.6 Å². The van der Waals surface area contributed by atoms with Crippen LogP contribution < -0.4 is 4.74 Å². The van der Waals surface area contributed by atoms with Crippen molar-refractivity contribution in [3.05, 3.63) is 74.4 Å². The molecule has 3 aromatic rings. The number of carbonyl (C=O) groups excluding carboxylic acids is 1. The Balaban J connectivity index is 2.00. The van der Waals surface area contributed by atoms with E-state index >= 15 is 0 Å². The Hall–Kier alpha value is -3.60. The van der Waals surface area contributed by atoms with Crippen molar-refractivity contribution >= 4 is 23.1 Å². The van der Waals surface area contributed by atoms with Gasteiger partial charge in [-0.15, -0.1) is 0 Å². The van der Waals surface area contributed by atoms with Crippen LogP contribution in [-0.2, 0) is 13.2 Å². The van der Waals surface area contributed by atoms with E-state index in [1.165, 1.54) is 7.05 Å². The molecule has 3 rings (SSSR count). The van der Waals surface area contributed by atoms with Crippen LogP contribution in [0.25, 0.3) is 0 Å². The van der Waals surface area contributed by atoms with Crippen molar-refractivity contribution in [2.24, 2.45) is 7.05 Å². The van der Waals surface area contributed by atoms with Crippen LogP contribution in [0.5, 0.6) is 17.4 Å². The van der Waals surface area contributed by atoms with Crippen LogP contribution in [0.3, 0.4) is 0 Å². The maximum atomic E-state index is 12.8. The second kappa shape index (κ2) is 7.67. The molecule has 1 N–H and O–H groups in total. The molecule has 1 aromatic heterocycles. The number of hydrogen-bond acceptors (Lipinski definition) is 6. The number of aryl methyl sites for hydroxylation is 1. The molecule has 0 radical (unpaired) electrons. The minimum Gasteiger partial charge on any atom is -0.493 e. The van der Waals surface area contributed by atoms with Crippen LogP contribution in [0.4, 0.5) is 18.9 Å². The van der Waals surface area contributed by atoms with Crippen molar-refractivity contribution in [1.82, 2.24) is 9.78 Å². The van der Waals surface area contributed by atoms with E-state index in [1.54, 1.807) is 0 Å². The zero-order valence-electron chi connectivity index (χ0n) is 15.0. The molecule has 0 saturated carbocycles. The lowest BCUT2D eigenvalue weighted by Gasteiger charge is -2.12. The predicted octanol–water partition coefficient (Wildman–Crippen LogP) is 4.73. The summed E-state index contributed by atoms with van der Waals surface area (Å²) in [4.78, 5) is 23.2. The molecular weight excluding hydrogens is 431 g/mol. The summed E-state index contributed by atoms with van der Waals surface area (Å²) in [6.07, 6.45) is -3.55. The van der Waals surface area contributed by atoms with Gasteiger partial charge < -0.3 is 9.84 Å². The molecule has 0 saturated heterocycles. The topological polar surface area (TPSA) is 107 Å². The molecule has 1 heterocycles. The zero-order valence-corrected chi connectivity index (χ0v) is 15.7. The van der Waals surface area contributed by atoms with E-state index in [4.69, 9.17) is 16.3 Å². The molecule has 156 valence electrons. The fraction of sp³-hybridized carbons (Fsp3) is 0.111. The highest BCUT2D eigenvalue weighted by molar-refractivity contribution is 6.32. The van der Waals surface area contributed by atoms with Gasteiger partial charge in [0.2, 0.25) is 11.7 Å². The third-order valence-electron chi connectivity index (χ3n) is 4.05. The number of nitro benzene ring substituents is 1. The molecule has 30 heavy (non-hydrogen) atoms. The summed E-state index contributed by atoms with van der Waals surface area (Å²) >= 11 is 5.84. The molecule has 0 bridgehead atoms. The van der Waals surface area contributed by atoms with Crippen molar-refractivity contribution in [2.75, 3.05) is 0 Å². The second-order valence-electron chi connectivity index (χ2n) is 6.02. The van der Waals surface area contributed by atoms with Crippen LogP contribution >= 0.6 is 11.6 Å². The van der Waals surface area contributed by atoms with Gasteiger partial charge in [-0.2, -0.15) is 18.3 Å². The summed E-state index contributed by atoms with van der Waals surface area (Å²) in [6, 6.07) is 5.59. The Bertz CT molecular complexity index is 1160. The summed E-state index contributed by atoms with van der Waals surface area (Å²) in [7, 11) is 1.37. The Morgan fingerprint density at radius 2 is 1.93 bits per heavy atom. The quantitative estimate of drug-likeness (QED) is 0.348. The number of alkyl halides is 3. The smallest absolute Gasteiger partial charge is 0.416 e. The molecular formula is C18H11ClF3N3O5. The normalized spacial score (nSPS) is 11.4. The first kappa shape index (κ1) is 21.1. The summed E-state index contributed by atoms with van der Waals surface area (Å²) < 4.78 is 44.7. The number of halogens is 4. The number of nitro groups is 1. The number of aromatic nitrogens is 2. The van der Waals surface area contributed by atoms with Gasteiger partial charge in [-0.3, -0.25) is 14.9 Å². The van der Waals surface area contributed by atoms with Crippen molar-refractivity contribution in [1.29, 1.82) is 0 Å². The Labute approximate surface area is 171 Å². The molecule has 0 atom stereocenters. The molecule has 0 aliphatic carbocycles. The summed E-state index contributed by atoms with van der Waals surface area (Å²) in [5.41, 5.74) is -2.23. The Kier molecular flexibility index (Phi) is 5.40. The molecule has 0 aliphatic heterocycles. The van der Waals surface area contributed by atoms with E-state index in [0.717, 1.165) is 41.2 Å². The average Bonchev–Trinajstić information content (AvgIpc) is 3.00. The molecule has 0 spiro atoms. The van der Waals surface area contributed by atoms with Crippen molar-refractivity contribution in [3.63, 3.8) is 0 Å². The van der Waals surface area contributed by atoms with Crippen molar-refractivity contribution in [2.45, 2.75) is 6.18 Å². The minimum atomic E-state index is -4.60. The van der Waals surface area contributed by atoms with Crippen LogP contribution in [0.2, 0.25) is 5.02 Å².